The minimum Gasteiger partial charge on any atom is -0.497 e. The lowest BCUT2D eigenvalue weighted by atomic mass is 10.1. The standard InChI is InChI=1S/C16H24BrNO2/c1-19-15-4-2-14(3-5-15)6-10-18-11-7-16(8-12-18)20-13-9-17/h2-5,16H,6-13H2,1H3. The van der Waals surface area contributed by atoms with Crippen LogP contribution in [-0.2, 0) is 11.2 Å². The molecule has 2 rings (SSSR count). The molecule has 4 heteroatoms. The van der Waals surface area contributed by atoms with E-state index in [4.69, 9.17) is 9.47 Å². The third kappa shape index (κ3) is 5.08. The SMILES string of the molecule is COc1ccc(CCN2CCC(OCCBr)CC2)cc1. The zero-order valence-electron chi connectivity index (χ0n) is 12.2. The van der Waals surface area contributed by atoms with Gasteiger partial charge in [0.2, 0.25) is 0 Å². The number of methoxy groups -OCH3 is 1. The second-order valence-corrected chi connectivity index (χ2v) is 5.99. The molecule has 3 nitrogen and oxygen atoms in total. The van der Waals surface area contributed by atoms with Crippen molar-refractivity contribution in [1.29, 1.82) is 0 Å². The van der Waals surface area contributed by atoms with E-state index in [-0.39, 0.29) is 0 Å². The molecule has 1 heterocycles. The zero-order valence-corrected chi connectivity index (χ0v) is 13.8. The summed E-state index contributed by atoms with van der Waals surface area (Å²) in [5, 5.41) is 0.935. The second kappa shape index (κ2) is 8.65. The molecule has 0 saturated carbocycles. The summed E-state index contributed by atoms with van der Waals surface area (Å²) >= 11 is 3.40. The Labute approximate surface area is 130 Å². The Balaban J connectivity index is 1.67. The van der Waals surface area contributed by atoms with Gasteiger partial charge in [-0.1, -0.05) is 28.1 Å². The molecule has 0 radical (unpaired) electrons. The van der Waals surface area contributed by atoms with Crippen LogP contribution >= 0.6 is 15.9 Å². The number of piperidine rings is 1. The van der Waals surface area contributed by atoms with Crippen LogP contribution in [0, 0.1) is 0 Å². The van der Waals surface area contributed by atoms with Gasteiger partial charge in [-0.15, -0.1) is 0 Å². The Morgan fingerprint density at radius 3 is 2.50 bits per heavy atom. The highest BCUT2D eigenvalue weighted by atomic mass is 79.9. The van der Waals surface area contributed by atoms with E-state index in [0.717, 1.165) is 56.6 Å². The molecule has 0 aliphatic carbocycles. The number of alkyl halides is 1. The van der Waals surface area contributed by atoms with Gasteiger partial charge in [-0.3, -0.25) is 0 Å². The van der Waals surface area contributed by atoms with Crippen molar-refractivity contribution in [1.82, 2.24) is 4.90 Å². The molecule has 20 heavy (non-hydrogen) atoms. The van der Waals surface area contributed by atoms with Gasteiger partial charge in [0.25, 0.3) is 0 Å². The van der Waals surface area contributed by atoms with E-state index in [1.165, 1.54) is 5.56 Å². The molecular formula is C16H24BrNO2. The van der Waals surface area contributed by atoms with Crippen molar-refractivity contribution in [2.75, 3.05) is 38.7 Å². The molecule has 0 N–H and O–H groups in total. The summed E-state index contributed by atoms with van der Waals surface area (Å²) in [6.45, 7) is 4.28. The van der Waals surface area contributed by atoms with E-state index < -0.39 is 0 Å². The molecule has 1 fully saturated rings. The van der Waals surface area contributed by atoms with Crippen LogP contribution in [0.4, 0.5) is 0 Å². The first-order chi connectivity index (χ1) is 9.81. The molecule has 0 atom stereocenters. The van der Waals surface area contributed by atoms with Gasteiger partial charge in [0.05, 0.1) is 19.8 Å². The highest BCUT2D eigenvalue weighted by Gasteiger charge is 2.18. The third-order valence-corrected chi connectivity index (χ3v) is 4.16. The molecule has 0 aromatic heterocycles. The Kier molecular flexibility index (Phi) is 6.83. The molecule has 1 aromatic rings. The fourth-order valence-electron chi connectivity index (χ4n) is 2.59. The van der Waals surface area contributed by atoms with Gasteiger partial charge in [-0.05, 0) is 37.0 Å². The number of hydrogen-bond acceptors (Lipinski definition) is 3. The van der Waals surface area contributed by atoms with Crippen molar-refractivity contribution in [3.8, 4) is 5.75 Å². The Morgan fingerprint density at radius 1 is 1.20 bits per heavy atom. The van der Waals surface area contributed by atoms with Gasteiger partial charge in [-0.25, -0.2) is 0 Å². The maximum absolute atomic E-state index is 5.78. The molecule has 0 bridgehead atoms. The smallest absolute Gasteiger partial charge is 0.118 e. The molecule has 0 amide bonds. The van der Waals surface area contributed by atoms with Gasteiger partial charge in [0, 0.05) is 25.0 Å². The average Bonchev–Trinajstić information content (AvgIpc) is 2.52. The first-order valence-electron chi connectivity index (χ1n) is 7.34. The van der Waals surface area contributed by atoms with Crippen molar-refractivity contribution in [2.45, 2.75) is 25.4 Å². The number of rotatable bonds is 7. The van der Waals surface area contributed by atoms with E-state index in [1.807, 2.05) is 12.1 Å². The molecule has 1 aromatic carbocycles. The molecule has 1 aliphatic rings. The van der Waals surface area contributed by atoms with Gasteiger partial charge < -0.3 is 14.4 Å². The van der Waals surface area contributed by atoms with E-state index in [0.29, 0.717) is 6.10 Å². The summed E-state index contributed by atoms with van der Waals surface area (Å²) in [4.78, 5) is 2.54. The summed E-state index contributed by atoms with van der Waals surface area (Å²) in [6.07, 6.45) is 3.90. The molecule has 0 unspecified atom stereocenters. The zero-order chi connectivity index (χ0) is 14.2. The molecule has 0 spiro atoms. The number of hydrogen-bond donors (Lipinski definition) is 0. The first-order valence-corrected chi connectivity index (χ1v) is 8.47. The van der Waals surface area contributed by atoms with E-state index in [9.17, 15) is 0 Å². The number of ether oxygens (including phenoxy) is 2. The van der Waals surface area contributed by atoms with Gasteiger partial charge >= 0.3 is 0 Å². The summed E-state index contributed by atoms with van der Waals surface area (Å²) < 4.78 is 11.0. The Bertz CT molecular complexity index is 375. The van der Waals surface area contributed by atoms with E-state index in [1.54, 1.807) is 7.11 Å². The minimum absolute atomic E-state index is 0.463. The van der Waals surface area contributed by atoms with Crippen molar-refractivity contribution in [2.24, 2.45) is 0 Å². The van der Waals surface area contributed by atoms with E-state index in [2.05, 4.69) is 33.0 Å². The summed E-state index contributed by atoms with van der Waals surface area (Å²) in [5.74, 6) is 0.929. The summed E-state index contributed by atoms with van der Waals surface area (Å²) in [5.41, 5.74) is 1.38. The Hall–Kier alpha value is -0.580. The van der Waals surface area contributed by atoms with Crippen LogP contribution in [0.2, 0.25) is 0 Å². The van der Waals surface area contributed by atoms with E-state index >= 15 is 0 Å². The van der Waals surface area contributed by atoms with Crippen molar-refractivity contribution >= 4 is 15.9 Å². The Morgan fingerprint density at radius 2 is 1.90 bits per heavy atom. The number of nitrogens with zero attached hydrogens (tertiary/aromatic N) is 1. The molecule has 112 valence electrons. The third-order valence-electron chi connectivity index (χ3n) is 3.84. The molecule has 1 aliphatic heterocycles. The van der Waals surface area contributed by atoms with Crippen LogP contribution in [0.1, 0.15) is 18.4 Å². The second-order valence-electron chi connectivity index (χ2n) is 5.20. The lowest BCUT2D eigenvalue weighted by Gasteiger charge is -2.31. The summed E-state index contributed by atoms with van der Waals surface area (Å²) in [6, 6.07) is 8.39. The van der Waals surface area contributed by atoms with Gasteiger partial charge in [0.1, 0.15) is 5.75 Å². The number of benzene rings is 1. The van der Waals surface area contributed by atoms with Crippen LogP contribution < -0.4 is 4.74 Å². The maximum atomic E-state index is 5.78. The minimum atomic E-state index is 0.463. The van der Waals surface area contributed by atoms with Crippen LogP contribution in [-0.4, -0.2) is 49.7 Å². The predicted molar refractivity (Wildman–Crippen MR) is 85.9 cm³/mol. The molecular weight excluding hydrogens is 318 g/mol. The average molecular weight is 342 g/mol. The lowest BCUT2D eigenvalue weighted by Crippen LogP contribution is -2.38. The van der Waals surface area contributed by atoms with Crippen molar-refractivity contribution in [3.05, 3.63) is 29.8 Å². The number of halogens is 1. The van der Waals surface area contributed by atoms with Gasteiger partial charge in [-0.2, -0.15) is 0 Å². The van der Waals surface area contributed by atoms with Crippen molar-refractivity contribution < 1.29 is 9.47 Å². The first kappa shape index (κ1) is 15.8. The lowest BCUT2D eigenvalue weighted by molar-refractivity contribution is 0.0162. The van der Waals surface area contributed by atoms with Crippen LogP contribution in [0.3, 0.4) is 0 Å². The highest BCUT2D eigenvalue weighted by molar-refractivity contribution is 9.09. The monoisotopic (exact) mass is 341 g/mol. The van der Waals surface area contributed by atoms with Crippen LogP contribution in [0.5, 0.6) is 5.75 Å². The number of likely N-dealkylation sites (tertiary alicyclic amines) is 1. The molecule has 1 saturated heterocycles. The quantitative estimate of drug-likeness (QED) is 0.711. The predicted octanol–water partition coefficient (Wildman–Crippen LogP) is 3.11. The topological polar surface area (TPSA) is 21.7 Å². The van der Waals surface area contributed by atoms with Gasteiger partial charge in [0.15, 0.2) is 0 Å². The van der Waals surface area contributed by atoms with Crippen LogP contribution in [0.15, 0.2) is 24.3 Å². The fraction of sp³-hybridized carbons (Fsp3) is 0.625. The maximum Gasteiger partial charge on any atom is 0.118 e. The van der Waals surface area contributed by atoms with Crippen LogP contribution in [0.25, 0.3) is 0 Å². The highest BCUT2D eigenvalue weighted by Crippen LogP contribution is 2.16. The fourth-order valence-corrected chi connectivity index (χ4v) is 2.78. The summed E-state index contributed by atoms with van der Waals surface area (Å²) in [7, 11) is 1.71. The van der Waals surface area contributed by atoms with Crippen molar-refractivity contribution in [3.63, 3.8) is 0 Å². The normalized spacial score (nSPS) is 17.3. The largest absolute Gasteiger partial charge is 0.497 e.